The Morgan fingerprint density at radius 1 is 1.33 bits per heavy atom. The van der Waals surface area contributed by atoms with Gasteiger partial charge in [-0.25, -0.2) is 0 Å². The topological polar surface area (TPSA) is 41.5 Å². The lowest BCUT2D eigenvalue weighted by Crippen LogP contribution is -2.37. The highest BCUT2D eigenvalue weighted by Gasteiger charge is 2.40. The van der Waals surface area contributed by atoms with Crippen LogP contribution < -0.4 is 5.32 Å². The molecule has 2 aliphatic rings. The molecule has 1 heterocycles. The number of nitrogens with one attached hydrogen (secondary N) is 1. The molecule has 1 aromatic rings. The summed E-state index contributed by atoms with van der Waals surface area (Å²) in [7, 11) is 0. The van der Waals surface area contributed by atoms with E-state index in [0.29, 0.717) is 29.5 Å². The van der Waals surface area contributed by atoms with E-state index in [0.717, 1.165) is 24.5 Å². The first-order chi connectivity index (χ1) is 8.74. The molecule has 2 unspecified atom stereocenters. The van der Waals surface area contributed by atoms with Crippen molar-refractivity contribution in [3.63, 3.8) is 0 Å². The van der Waals surface area contributed by atoms with Gasteiger partial charge in [0.25, 0.3) is 0 Å². The molecular weight excluding hydrogens is 250 g/mol. The van der Waals surface area contributed by atoms with Crippen LogP contribution >= 0.6 is 11.6 Å². The zero-order chi connectivity index (χ0) is 12.5. The fourth-order valence-electron chi connectivity index (χ4n) is 2.66. The van der Waals surface area contributed by atoms with Gasteiger partial charge >= 0.3 is 0 Å². The summed E-state index contributed by atoms with van der Waals surface area (Å²) in [5, 5.41) is 13.9. The molecule has 1 saturated heterocycles. The molecule has 4 heteroatoms. The highest BCUT2D eigenvalue weighted by atomic mass is 35.5. The van der Waals surface area contributed by atoms with Crippen LogP contribution in [-0.2, 0) is 11.3 Å². The molecule has 18 heavy (non-hydrogen) atoms. The number of phenols is 1. The Hall–Kier alpha value is -0.770. The van der Waals surface area contributed by atoms with Gasteiger partial charge in [-0.2, -0.15) is 0 Å². The van der Waals surface area contributed by atoms with E-state index in [2.05, 4.69) is 5.32 Å². The maximum Gasteiger partial charge on any atom is 0.120 e. The molecule has 2 N–H and O–H groups in total. The Bertz CT molecular complexity index is 434. The third-order valence-electron chi connectivity index (χ3n) is 3.82. The van der Waals surface area contributed by atoms with Crippen LogP contribution in [0.15, 0.2) is 18.2 Å². The summed E-state index contributed by atoms with van der Waals surface area (Å²) in [5.74, 6) is 1.05. The average molecular weight is 268 g/mol. The van der Waals surface area contributed by atoms with Crippen LogP contribution in [0.3, 0.4) is 0 Å². The minimum Gasteiger partial charge on any atom is -0.508 e. The minimum atomic E-state index is 0.300. The van der Waals surface area contributed by atoms with Gasteiger partial charge in [0.15, 0.2) is 0 Å². The molecular formula is C14H18ClNO2. The second-order valence-corrected chi connectivity index (χ2v) is 5.66. The zero-order valence-corrected chi connectivity index (χ0v) is 11.0. The molecule has 0 amide bonds. The van der Waals surface area contributed by atoms with Gasteiger partial charge in [-0.1, -0.05) is 11.6 Å². The molecule has 2 atom stereocenters. The van der Waals surface area contributed by atoms with Gasteiger partial charge in [-0.05, 0) is 43.4 Å². The summed E-state index contributed by atoms with van der Waals surface area (Å²) in [6.45, 7) is 1.49. The van der Waals surface area contributed by atoms with Crippen LogP contribution in [0, 0.1) is 5.92 Å². The number of benzene rings is 1. The zero-order valence-electron chi connectivity index (χ0n) is 10.2. The molecule has 0 spiro atoms. The van der Waals surface area contributed by atoms with Crippen LogP contribution in [0.4, 0.5) is 0 Å². The first-order valence-corrected chi connectivity index (χ1v) is 6.94. The lowest BCUT2D eigenvalue weighted by atomic mass is 10.1. The quantitative estimate of drug-likeness (QED) is 0.881. The largest absolute Gasteiger partial charge is 0.508 e. The van der Waals surface area contributed by atoms with E-state index in [1.807, 2.05) is 6.07 Å². The maximum absolute atomic E-state index is 9.77. The highest BCUT2D eigenvalue weighted by Crippen LogP contribution is 2.38. The van der Waals surface area contributed by atoms with E-state index in [4.69, 9.17) is 16.3 Å². The van der Waals surface area contributed by atoms with Crippen molar-refractivity contribution in [3.05, 3.63) is 28.8 Å². The Labute approximate surface area is 112 Å². The molecule has 1 saturated carbocycles. The van der Waals surface area contributed by atoms with E-state index < -0.39 is 0 Å². The Balaban J connectivity index is 1.61. The van der Waals surface area contributed by atoms with Crippen molar-refractivity contribution >= 4 is 11.6 Å². The average Bonchev–Trinajstić information content (AvgIpc) is 3.10. The molecule has 3 nitrogen and oxygen atoms in total. The summed E-state index contributed by atoms with van der Waals surface area (Å²) in [5.41, 5.74) is 0.851. The van der Waals surface area contributed by atoms with Crippen molar-refractivity contribution in [2.24, 2.45) is 5.92 Å². The van der Waals surface area contributed by atoms with Crippen LogP contribution in [0.1, 0.15) is 24.8 Å². The molecule has 0 bridgehead atoms. The van der Waals surface area contributed by atoms with Crippen molar-refractivity contribution in [1.29, 1.82) is 0 Å². The second-order valence-electron chi connectivity index (χ2n) is 5.22. The first-order valence-electron chi connectivity index (χ1n) is 6.56. The van der Waals surface area contributed by atoms with Gasteiger partial charge < -0.3 is 15.2 Å². The third-order valence-corrected chi connectivity index (χ3v) is 4.05. The highest BCUT2D eigenvalue weighted by molar-refractivity contribution is 6.30. The fourth-order valence-corrected chi connectivity index (χ4v) is 2.85. The van der Waals surface area contributed by atoms with Gasteiger partial charge in [-0.15, -0.1) is 0 Å². The van der Waals surface area contributed by atoms with E-state index in [9.17, 15) is 5.11 Å². The predicted octanol–water partition coefficient (Wildman–Crippen LogP) is 2.70. The number of aromatic hydroxyl groups is 1. The van der Waals surface area contributed by atoms with Gasteiger partial charge in [0.05, 0.1) is 6.10 Å². The maximum atomic E-state index is 9.77. The second kappa shape index (κ2) is 5.08. The summed E-state index contributed by atoms with van der Waals surface area (Å²) >= 11 is 5.94. The van der Waals surface area contributed by atoms with Crippen LogP contribution in [0.5, 0.6) is 5.75 Å². The molecule has 1 aliphatic heterocycles. The molecule has 3 rings (SSSR count). The number of hydrogen-bond donors (Lipinski definition) is 2. The van der Waals surface area contributed by atoms with Gasteiger partial charge in [-0.3, -0.25) is 0 Å². The molecule has 1 aromatic carbocycles. The van der Waals surface area contributed by atoms with Gasteiger partial charge in [0.2, 0.25) is 0 Å². The van der Waals surface area contributed by atoms with Gasteiger partial charge in [0, 0.05) is 29.8 Å². The Morgan fingerprint density at radius 3 is 2.94 bits per heavy atom. The van der Waals surface area contributed by atoms with Crippen molar-refractivity contribution in [2.75, 3.05) is 6.61 Å². The van der Waals surface area contributed by atoms with E-state index >= 15 is 0 Å². The summed E-state index contributed by atoms with van der Waals surface area (Å²) in [6.07, 6.45) is 4.02. The van der Waals surface area contributed by atoms with E-state index in [1.54, 1.807) is 12.1 Å². The summed E-state index contributed by atoms with van der Waals surface area (Å²) < 4.78 is 5.78. The molecule has 1 aliphatic carbocycles. The fraction of sp³-hybridized carbons (Fsp3) is 0.571. The number of hydrogen-bond acceptors (Lipinski definition) is 3. The van der Waals surface area contributed by atoms with Crippen molar-refractivity contribution in [2.45, 2.75) is 38.0 Å². The Morgan fingerprint density at radius 2 is 2.17 bits per heavy atom. The lowest BCUT2D eigenvalue weighted by molar-refractivity contribution is 0.0808. The molecule has 0 aromatic heterocycles. The van der Waals surface area contributed by atoms with Crippen LogP contribution in [0.25, 0.3) is 0 Å². The number of phenolic OH excluding ortho intramolecular Hbond substituents is 1. The molecule has 0 radical (unpaired) electrons. The lowest BCUT2D eigenvalue weighted by Gasteiger charge is -2.19. The summed E-state index contributed by atoms with van der Waals surface area (Å²) in [4.78, 5) is 0. The predicted molar refractivity (Wildman–Crippen MR) is 70.8 cm³/mol. The minimum absolute atomic E-state index is 0.300. The number of rotatable bonds is 4. The monoisotopic (exact) mass is 267 g/mol. The summed E-state index contributed by atoms with van der Waals surface area (Å²) in [6, 6.07) is 5.57. The number of halogens is 1. The van der Waals surface area contributed by atoms with Crippen LogP contribution in [0.2, 0.25) is 5.02 Å². The first kappa shape index (κ1) is 12.3. The normalized spacial score (nSPS) is 27.6. The van der Waals surface area contributed by atoms with Gasteiger partial charge in [0.1, 0.15) is 5.75 Å². The Kier molecular flexibility index (Phi) is 3.46. The van der Waals surface area contributed by atoms with Crippen molar-refractivity contribution in [1.82, 2.24) is 5.32 Å². The van der Waals surface area contributed by atoms with Crippen molar-refractivity contribution in [3.8, 4) is 5.75 Å². The molecule has 98 valence electrons. The SMILES string of the molecule is Oc1ccc(Cl)cc1CNC1CCOC1C1CC1. The van der Waals surface area contributed by atoms with Crippen molar-refractivity contribution < 1.29 is 9.84 Å². The van der Waals surface area contributed by atoms with E-state index in [-0.39, 0.29) is 0 Å². The molecule has 2 fully saturated rings. The number of ether oxygens (including phenoxy) is 1. The third kappa shape index (κ3) is 2.63. The standard InChI is InChI=1S/C14H18ClNO2/c15-11-3-4-13(17)10(7-11)8-16-12-5-6-18-14(12)9-1-2-9/h3-4,7,9,12,14,16-17H,1-2,5-6,8H2. The van der Waals surface area contributed by atoms with Crippen LogP contribution in [-0.4, -0.2) is 23.9 Å². The smallest absolute Gasteiger partial charge is 0.120 e. The van der Waals surface area contributed by atoms with E-state index in [1.165, 1.54) is 12.8 Å².